The molecule has 0 aromatic carbocycles. The SMILES string of the molecule is Cc1oc(-c2cccs2)nc1CN1CCC[C@]2(CNC(=O)O2)C1. The first-order valence-corrected chi connectivity index (χ1v) is 8.71. The van der Waals surface area contributed by atoms with Gasteiger partial charge in [0.15, 0.2) is 0 Å². The maximum Gasteiger partial charge on any atom is 0.407 e. The van der Waals surface area contributed by atoms with Gasteiger partial charge in [0, 0.05) is 13.1 Å². The van der Waals surface area contributed by atoms with Crippen molar-refractivity contribution in [2.45, 2.75) is 31.9 Å². The van der Waals surface area contributed by atoms with E-state index >= 15 is 0 Å². The van der Waals surface area contributed by atoms with Crippen LogP contribution in [0.2, 0.25) is 0 Å². The third-order valence-electron chi connectivity index (χ3n) is 4.48. The van der Waals surface area contributed by atoms with Crippen molar-refractivity contribution in [3.63, 3.8) is 0 Å². The molecule has 2 aliphatic heterocycles. The zero-order chi connectivity index (χ0) is 15.9. The van der Waals surface area contributed by atoms with Crippen molar-refractivity contribution in [3.8, 4) is 10.8 Å². The Bertz CT molecular complexity index is 712. The summed E-state index contributed by atoms with van der Waals surface area (Å²) in [5.74, 6) is 1.54. The van der Waals surface area contributed by atoms with Crippen LogP contribution in [0.1, 0.15) is 24.3 Å². The van der Waals surface area contributed by atoms with Gasteiger partial charge in [0.05, 0.1) is 17.1 Å². The number of amides is 1. The molecule has 0 aliphatic carbocycles. The smallest absolute Gasteiger partial charge is 0.407 e. The number of hydrogen-bond acceptors (Lipinski definition) is 6. The van der Waals surface area contributed by atoms with E-state index in [1.165, 1.54) is 0 Å². The Labute approximate surface area is 138 Å². The maximum absolute atomic E-state index is 11.4. The summed E-state index contributed by atoms with van der Waals surface area (Å²) in [5.41, 5.74) is 0.589. The summed E-state index contributed by atoms with van der Waals surface area (Å²) in [6.45, 7) is 5.00. The van der Waals surface area contributed by atoms with Crippen molar-refractivity contribution in [2.75, 3.05) is 19.6 Å². The van der Waals surface area contributed by atoms with Gasteiger partial charge in [-0.25, -0.2) is 9.78 Å². The lowest BCUT2D eigenvalue weighted by Gasteiger charge is -2.37. The Balaban J connectivity index is 1.49. The second-order valence-corrected chi connectivity index (χ2v) is 7.19. The van der Waals surface area contributed by atoms with Crippen LogP contribution in [0.15, 0.2) is 21.9 Å². The monoisotopic (exact) mass is 333 g/mol. The van der Waals surface area contributed by atoms with Crippen molar-refractivity contribution in [1.82, 2.24) is 15.2 Å². The number of alkyl carbamates (subject to hydrolysis) is 1. The highest BCUT2D eigenvalue weighted by molar-refractivity contribution is 7.13. The van der Waals surface area contributed by atoms with Gasteiger partial charge in [-0.15, -0.1) is 11.3 Å². The topological polar surface area (TPSA) is 67.6 Å². The Kier molecular flexibility index (Phi) is 3.61. The first-order chi connectivity index (χ1) is 11.1. The minimum Gasteiger partial charge on any atom is -0.440 e. The molecule has 0 bridgehead atoms. The molecule has 2 aromatic heterocycles. The molecule has 0 unspecified atom stereocenters. The van der Waals surface area contributed by atoms with Crippen molar-refractivity contribution in [1.29, 1.82) is 0 Å². The molecule has 4 rings (SSSR count). The van der Waals surface area contributed by atoms with Gasteiger partial charge in [-0.1, -0.05) is 6.07 Å². The second kappa shape index (κ2) is 5.65. The van der Waals surface area contributed by atoms with Crippen LogP contribution in [0.4, 0.5) is 4.79 Å². The molecular formula is C16H19N3O3S. The average molecular weight is 333 g/mol. The van der Waals surface area contributed by atoms with E-state index in [4.69, 9.17) is 9.15 Å². The summed E-state index contributed by atoms with van der Waals surface area (Å²) < 4.78 is 11.3. The van der Waals surface area contributed by atoms with E-state index in [9.17, 15) is 4.79 Å². The number of carbonyl (C=O) groups is 1. The third-order valence-corrected chi connectivity index (χ3v) is 5.34. The molecule has 23 heavy (non-hydrogen) atoms. The number of ether oxygens (including phenoxy) is 1. The molecule has 2 saturated heterocycles. The van der Waals surface area contributed by atoms with Crippen molar-refractivity contribution in [2.24, 2.45) is 0 Å². The molecule has 4 heterocycles. The minimum atomic E-state index is -0.371. The summed E-state index contributed by atoms with van der Waals surface area (Å²) in [7, 11) is 0. The van der Waals surface area contributed by atoms with Crippen LogP contribution in [-0.2, 0) is 11.3 Å². The predicted molar refractivity (Wildman–Crippen MR) is 86.3 cm³/mol. The highest BCUT2D eigenvalue weighted by Crippen LogP contribution is 2.30. The number of nitrogens with one attached hydrogen (secondary N) is 1. The molecule has 0 saturated carbocycles. The zero-order valence-corrected chi connectivity index (χ0v) is 13.8. The Hall–Kier alpha value is -1.86. The predicted octanol–water partition coefficient (Wildman–Crippen LogP) is 2.79. The van der Waals surface area contributed by atoms with Crippen molar-refractivity contribution in [3.05, 3.63) is 29.0 Å². The van der Waals surface area contributed by atoms with Crippen LogP contribution in [0.25, 0.3) is 10.8 Å². The van der Waals surface area contributed by atoms with Gasteiger partial charge in [-0.2, -0.15) is 0 Å². The fourth-order valence-electron chi connectivity index (χ4n) is 3.35. The van der Waals surface area contributed by atoms with Gasteiger partial charge < -0.3 is 14.5 Å². The molecule has 0 radical (unpaired) electrons. The molecule has 1 spiro atoms. The number of aromatic nitrogens is 1. The quantitative estimate of drug-likeness (QED) is 0.935. The first kappa shape index (κ1) is 14.7. The summed E-state index contributed by atoms with van der Waals surface area (Å²) in [6.07, 6.45) is 1.63. The normalized spacial score (nSPS) is 24.8. The van der Waals surface area contributed by atoms with Crippen molar-refractivity contribution < 1.29 is 13.9 Å². The van der Waals surface area contributed by atoms with Gasteiger partial charge >= 0.3 is 6.09 Å². The zero-order valence-electron chi connectivity index (χ0n) is 13.0. The number of aryl methyl sites for hydroxylation is 1. The summed E-state index contributed by atoms with van der Waals surface area (Å²) in [5, 5.41) is 4.80. The molecule has 6 nitrogen and oxygen atoms in total. The molecule has 2 fully saturated rings. The lowest BCUT2D eigenvalue weighted by Crippen LogP contribution is -2.50. The Morgan fingerprint density at radius 1 is 1.52 bits per heavy atom. The van der Waals surface area contributed by atoms with E-state index < -0.39 is 0 Å². The number of likely N-dealkylation sites (tertiary alicyclic amines) is 1. The van der Waals surface area contributed by atoms with Crippen LogP contribution in [0.3, 0.4) is 0 Å². The van der Waals surface area contributed by atoms with E-state index in [0.717, 1.165) is 48.8 Å². The average Bonchev–Trinajstić information content (AvgIpc) is 3.23. The van der Waals surface area contributed by atoms with Crippen LogP contribution in [0, 0.1) is 6.92 Å². The number of rotatable bonds is 3. The fraction of sp³-hybridized carbons (Fsp3) is 0.500. The van der Waals surface area contributed by atoms with Gasteiger partial charge in [0.2, 0.25) is 5.89 Å². The minimum absolute atomic E-state index is 0.301. The molecule has 1 N–H and O–H groups in total. The van der Waals surface area contributed by atoms with E-state index in [0.29, 0.717) is 12.4 Å². The van der Waals surface area contributed by atoms with E-state index in [2.05, 4.69) is 15.2 Å². The maximum atomic E-state index is 11.4. The summed E-state index contributed by atoms with van der Waals surface area (Å²) in [6, 6.07) is 4.01. The van der Waals surface area contributed by atoms with Crippen LogP contribution in [0.5, 0.6) is 0 Å². The largest absolute Gasteiger partial charge is 0.440 e. The number of carbonyl (C=O) groups excluding carboxylic acids is 1. The van der Waals surface area contributed by atoms with Crippen molar-refractivity contribution >= 4 is 17.4 Å². The third kappa shape index (κ3) is 2.86. The lowest BCUT2D eigenvalue weighted by molar-refractivity contribution is -0.0115. The molecule has 2 aliphatic rings. The summed E-state index contributed by atoms with van der Waals surface area (Å²) in [4.78, 5) is 19.4. The molecule has 122 valence electrons. The van der Waals surface area contributed by atoms with E-state index in [1.807, 2.05) is 24.4 Å². The number of thiophene rings is 1. The van der Waals surface area contributed by atoms with Gasteiger partial charge in [-0.05, 0) is 37.8 Å². The Morgan fingerprint density at radius 2 is 2.43 bits per heavy atom. The van der Waals surface area contributed by atoms with Crippen LogP contribution >= 0.6 is 11.3 Å². The molecule has 2 aromatic rings. The highest BCUT2D eigenvalue weighted by atomic mass is 32.1. The highest BCUT2D eigenvalue weighted by Gasteiger charge is 2.43. The van der Waals surface area contributed by atoms with Gasteiger partial charge in [0.1, 0.15) is 11.4 Å². The van der Waals surface area contributed by atoms with E-state index in [-0.39, 0.29) is 11.7 Å². The number of piperidine rings is 1. The van der Waals surface area contributed by atoms with Gasteiger partial charge in [0.25, 0.3) is 0 Å². The van der Waals surface area contributed by atoms with Crippen LogP contribution < -0.4 is 5.32 Å². The lowest BCUT2D eigenvalue weighted by atomic mass is 9.93. The number of hydrogen-bond donors (Lipinski definition) is 1. The first-order valence-electron chi connectivity index (χ1n) is 7.83. The second-order valence-electron chi connectivity index (χ2n) is 6.24. The van der Waals surface area contributed by atoms with Crippen LogP contribution in [-0.4, -0.2) is 41.2 Å². The van der Waals surface area contributed by atoms with Gasteiger partial charge in [-0.3, -0.25) is 4.90 Å². The summed E-state index contributed by atoms with van der Waals surface area (Å²) >= 11 is 1.62. The standard InChI is InChI=1S/C16H19N3O3S/c1-11-12(18-14(21-11)13-4-2-7-23-13)8-19-6-3-5-16(10-19)9-17-15(20)22-16/h2,4,7H,3,5-6,8-10H2,1H3,(H,17,20)/t16-/m0/s1. The molecule has 1 atom stereocenters. The molecular weight excluding hydrogens is 314 g/mol. The Morgan fingerprint density at radius 3 is 3.17 bits per heavy atom. The number of oxazole rings is 1. The van der Waals surface area contributed by atoms with E-state index in [1.54, 1.807) is 11.3 Å². The number of nitrogens with zero attached hydrogens (tertiary/aromatic N) is 2. The molecule has 1 amide bonds. The molecule has 7 heteroatoms. The fourth-order valence-corrected chi connectivity index (χ4v) is 4.00.